The highest BCUT2D eigenvalue weighted by atomic mass is 35.5. The third kappa shape index (κ3) is 2.07. The first-order valence-corrected chi connectivity index (χ1v) is 6.39. The second-order valence-corrected chi connectivity index (χ2v) is 4.81. The van der Waals surface area contributed by atoms with Crippen LogP contribution in [0.5, 0.6) is 0 Å². The molecular formula is C13H14ClN3. The lowest BCUT2D eigenvalue weighted by Gasteiger charge is -2.07. The second-order valence-electron chi connectivity index (χ2n) is 4.55. The van der Waals surface area contributed by atoms with E-state index in [4.69, 9.17) is 11.6 Å². The second kappa shape index (κ2) is 4.15. The first-order valence-electron chi connectivity index (χ1n) is 5.85. The van der Waals surface area contributed by atoms with E-state index in [9.17, 15) is 0 Å². The van der Waals surface area contributed by atoms with Crippen molar-refractivity contribution in [2.75, 3.05) is 0 Å². The topological polar surface area (TPSA) is 30.7 Å². The Morgan fingerprint density at radius 2 is 2.29 bits per heavy atom. The van der Waals surface area contributed by atoms with Crippen LogP contribution >= 0.6 is 11.6 Å². The van der Waals surface area contributed by atoms with E-state index in [1.807, 2.05) is 30.1 Å². The molecule has 1 aliphatic rings. The van der Waals surface area contributed by atoms with E-state index in [2.05, 4.69) is 16.1 Å². The minimum absolute atomic E-state index is 0.460. The normalized spacial score (nSPS) is 15.2. The van der Waals surface area contributed by atoms with Crippen molar-refractivity contribution in [3.63, 3.8) is 0 Å². The van der Waals surface area contributed by atoms with Crippen LogP contribution in [0.15, 0.2) is 24.5 Å². The molecule has 3 rings (SSSR count). The average molecular weight is 248 g/mol. The smallest absolute Gasteiger partial charge is 0.0723 e. The Bertz CT molecular complexity index is 543. The van der Waals surface area contributed by atoms with Gasteiger partial charge in [0.25, 0.3) is 0 Å². The third-order valence-electron chi connectivity index (χ3n) is 3.09. The first kappa shape index (κ1) is 10.8. The molecule has 0 radical (unpaired) electrons. The van der Waals surface area contributed by atoms with Crippen LogP contribution in [0.2, 0.25) is 0 Å². The minimum atomic E-state index is 0.460. The van der Waals surface area contributed by atoms with Crippen molar-refractivity contribution in [1.29, 1.82) is 0 Å². The highest BCUT2D eigenvalue weighted by molar-refractivity contribution is 6.17. The lowest BCUT2D eigenvalue weighted by molar-refractivity contribution is 0.826. The molecule has 0 atom stereocenters. The number of halogens is 1. The maximum atomic E-state index is 5.93. The molecule has 3 nitrogen and oxygen atoms in total. The van der Waals surface area contributed by atoms with E-state index in [-0.39, 0.29) is 0 Å². The molecular weight excluding hydrogens is 234 g/mol. The molecule has 1 fully saturated rings. The summed E-state index contributed by atoms with van der Waals surface area (Å²) >= 11 is 5.93. The Morgan fingerprint density at radius 1 is 1.47 bits per heavy atom. The van der Waals surface area contributed by atoms with Gasteiger partial charge in [-0.25, -0.2) is 4.68 Å². The fourth-order valence-electron chi connectivity index (χ4n) is 1.96. The van der Waals surface area contributed by atoms with E-state index in [1.165, 1.54) is 18.5 Å². The van der Waals surface area contributed by atoms with Gasteiger partial charge in [-0.1, -0.05) is 0 Å². The molecule has 0 saturated heterocycles. The Balaban J connectivity index is 2.03. The van der Waals surface area contributed by atoms with Crippen molar-refractivity contribution in [3.8, 4) is 5.69 Å². The summed E-state index contributed by atoms with van der Waals surface area (Å²) in [6, 6.07) is 4.13. The van der Waals surface area contributed by atoms with E-state index in [0.717, 1.165) is 16.9 Å². The van der Waals surface area contributed by atoms with Crippen LogP contribution in [0.4, 0.5) is 0 Å². The molecule has 2 aromatic rings. The minimum Gasteiger partial charge on any atom is -0.261 e. The predicted molar refractivity (Wildman–Crippen MR) is 67.6 cm³/mol. The molecule has 17 heavy (non-hydrogen) atoms. The first-order chi connectivity index (χ1) is 8.28. The molecule has 0 spiro atoms. The van der Waals surface area contributed by atoms with Gasteiger partial charge in [-0.05, 0) is 31.9 Å². The van der Waals surface area contributed by atoms with Gasteiger partial charge < -0.3 is 0 Å². The van der Waals surface area contributed by atoms with Crippen LogP contribution < -0.4 is 0 Å². The maximum absolute atomic E-state index is 5.93. The van der Waals surface area contributed by atoms with E-state index < -0.39 is 0 Å². The van der Waals surface area contributed by atoms with Gasteiger partial charge in [0.05, 0.1) is 17.3 Å². The molecule has 2 aromatic heterocycles. The summed E-state index contributed by atoms with van der Waals surface area (Å²) in [4.78, 5) is 4.26. The van der Waals surface area contributed by atoms with Crippen molar-refractivity contribution in [3.05, 3.63) is 41.5 Å². The molecule has 0 N–H and O–H groups in total. The molecule has 0 aliphatic heterocycles. The average Bonchev–Trinajstić information content (AvgIpc) is 3.07. The fraction of sp³-hybridized carbons (Fsp3) is 0.385. The Labute approximate surface area is 105 Å². The molecule has 0 amide bonds. The third-order valence-corrected chi connectivity index (χ3v) is 3.38. The van der Waals surface area contributed by atoms with Crippen molar-refractivity contribution in [2.24, 2.45) is 0 Å². The van der Waals surface area contributed by atoms with Crippen LogP contribution in [0.3, 0.4) is 0 Å². The van der Waals surface area contributed by atoms with Gasteiger partial charge in [-0.15, -0.1) is 11.6 Å². The summed E-state index contributed by atoms with van der Waals surface area (Å²) < 4.78 is 1.92. The van der Waals surface area contributed by atoms with Crippen molar-refractivity contribution in [1.82, 2.24) is 14.8 Å². The molecule has 1 saturated carbocycles. The summed E-state index contributed by atoms with van der Waals surface area (Å²) in [6.45, 7) is 1.98. The van der Waals surface area contributed by atoms with Crippen molar-refractivity contribution in [2.45, 2.75) is 31.6 Å². The fourth-order valence-corrected chi connectivity index (χ4v) is 2.16. The van der Waals surface area contributed by atoms with E-state index in [1.54, 1.807) is 0 Å². The largest absolute Gasteiger partial charge is 0.261 e. The Kier molecular flexibility index (Phi) is 2.63. The number of aryl methyl sites for hydroxylation is 1. The molecule has 88 valence electrons. The van der Waals surface area contributed by atoms with Gasteiger partial charge in [0.15, 0.2) is 0 Å². The van der Waals surface area contributed by atoms with Gasteiger partial charge in [-0.2, -0.15) is 5.10 Å². The molecule has 0 unspecified atom stereocenters. The van der Waals surface area contributed by atoms with Crippen LogP contribution in [-0.2, 0) is 5.88 Å². The van der Waals surface area contributed by atoms with Gasteiger partial charge in [0.1, 0.15) is 0 Å². The lowest BCUT2D eigenvalue weighted by Crippen LogP contribution is -2.01. The summed E-state index contributed by atoms with van der Waals surface area (Å²) in [5.74, 6) is 1.14. The van der Waals surface area contributed by atoms with Crippen molar-refractivity contribution < 1.29 is 0 Å². The standard InChI is InChI=1S/C13H14ClN3/c1-9-6-13(11(7-14)8-15-9)17-5-4-12(16-17)10-2-3-10/h4-6,8,10H,2-3,7H2,1H3. The number of alkyl halides is 1. The van der Waals surface area contributed by atoms with Gasteiger partial charge in [0, 0.05) is 29.6 Å². The van der Waals surface area contributed by atoms with Crippen LogP contribution in [0, 0.1) is 6.92 Å². The summed E-state index contributed by atoms with van der Waals surface area (Å²) in [7, 11) is 0. The molecule has 4 heteroatoms. The zero-order valence-corrected chi connectivity index (χ0v) is 10.5. The number of aromatic nitrogens is 3. The summed E-state index contributed by atoms with van der Waals surface area (Å²) in [5.41, 5.74) is 4.24. The zero-order chi connectivity index (χ0) is 11.8. The highest BCUT2D eigenvalue weighted by Gasteiger charge is 2.26. The molecule has 1 aliphatic carbocycles. The van der Waals surface area contributed by atoms with Gasteiger partial charge in [0.2, 0.25) is 0 Å². The Hall–Kier alpha value is -1.35. The van der Waals surface area contributed by atoms with Crippen molar-refractivity contribution >= 4 is 11.6 Å². The van der Waals surface area contributed by atoms with Crippen LogP contribution in [0.25, 0.3) is 5.69 Å². The predicted octanol–water partition coefficient (Wildman–Crippen LogP) is 3.19. The van der Waals surface area contributed by atoms with Crippen LogP contribution in [0.1, 0.15) is 35.7 Å². The van der Waals surface area contributed by atoms with E-state index in [0.29, 0.717) is 11.8 Å². The zero-order valence-electron chi connectivity index (χ0n) is 9.73. The molecule has 2 heterocycles. The quantitative estimate of drug-likeness (QED) is 0.780. The van der Waals surface area contributed by atoms with Crippen LogP contribution in [-0.4, -0.2) is 14.8 Å². The monoisotopic (exact) mass is 247 g/mol. The number of hydrogen-bond acceptors (Lipinski definition) is 2. The summed E-state index contributed by atoms with van der Waals surface area (Å²) in [5, 5.41) is 4.62. The number of hydrogen-bond donors (Lipinski definition) is 0. The Morgan fingerprint density at radius 3 is 3.00 bits per heavy atom. The SMILES string of the molecule is Cc1cc(-n2ccc(C3CC3)n2)c(CCl)cn1. The van der Waals surface area contributed by atoms with E-state index >= 15 is 0 Å². The van der Waals surface area contributed by atoms with Gasteiger partial charge >= 0.3 is 0 Å². The molecule has 0 aromatic carbocycles. The summed E-state index contributed by atoms with van der Waals surface area (Å²) in [6.07, 6.45) is 6.39. The lowest BCUT2D eigenvalue weighted by atomic mass is 10.2. The molecule has 0 bridgehead atoms. The number of rotatable bonds is 3. The highest BCUT2D eigenvalue weighted by Crippen LogP contribution is 2.39. The number of nitrogens with zero attached hydrogens (tertiary/aromatic N) is 3. The maximum Gasteiger partial charge on any atom is 0.0723 e. The number of pyridine rings is 1. The van der Waals surface area contributed by atoms with Gasteiger partial charge in [-0.3, -0.25) is 4.98 Å².